The number of benzene rings is 1. The number of guanidine groups is 1. The summed E-state index contributed by atoms with van der Waals surface area (Å²) in [5, 5.41) is 3.46. The molecule has 0 spiro atoms. The Morgan fingerprint density at radius 1 is 1.29 bits per heavy atom. The lowest BCUT2D eigenvalue weighted by Gasteiger charge is -2.24. The molecule has 2 heterocycles. The summed E-state index contributed by atoms with van der Waals surface area (Å²) in [6.07, 6.45) is 5.57. The summed E-state index contributed by atoms with van der Waals surface area (Å²) >= 11 is 0. The Kier molecular flexibility index (Phi) is 5.75. The summed E-state index contributed by atoms with van der Waals surface area (Å²) in [5.41, 5.74) is 2.55. The minimum Gasteiger partial charge on any atom is -0.381 e. The lowest BCUT2D eigenvalue weighted by molar-refractivity contribution is 0.181. The van der Waals surface area contributed by atoms with E-state index >= 15 is 0 Å². The van der Waals surface area contributed by atoms with E-state index in [1.807, 2.05) is 7.05 Å². The molecule has 1 aromatic rings. The van der Waals surface area contributed by atoms with Gasteiger partial charge in [0, 0.05) is 58.5 Å². The van der Waals surface area contributed by atoms with Gasteiger partial charge in [-0.2, -0.15) is 0 Å². The first-order valence-corrected chi connectivity index (χ1v) is 8.74. The van der Waals surface area contributed by atoms with Crippen LogP contribution in [0.25, 0.3) is 0 Å². The van der Waals surface area contributed by atoms with Gasteiger partial charge >= 0.3 is 0 Å². The molecule has 1 saturated heterocycles. The molecule has 1 aromatic carbocycles. The number of hydrogen-bond donors (Lipinski definition) is 1. The molecule has 0 aromatic heterocycles. The van der Waals surface area contributed by atoms with E-state index in [-0.39, 0.29) is 0 Å². The van der Waals surface area contributed by atoms with E-state index in [1.54, 1.807) is 0 Å². The van der Waals surface area contributed by atoms with Crippen molar-refractivity contribution in [3.63, 3.8) is 0 Å². The molecule has 24 heavy (non-hydrogen) atoms. The Balaban J connectivity index is 1.49. The third-order valence-corrected chi connectivity index (χ3v) is 4.70. The van der Waals surface area contributed by atoms with E-state index in [0.717, 1.165) is 51.8 Å². The maximum Gasteiger partial charge on any atom is 0.193 e. The van der Waals surface area contributed by atoms with Gasteiger partial charge < -0.3 is 19.9 Å². The summed E-state index contributed by atoms with van der Waals surface area (Å²) in [6.45, 7) is 5.56. The van der Waals surface area contributed by atoms with Gasteiger partial charge in [0.1, 0.15) is 0 Å². The fourth-order valence-corrected chi connectivity index (χ4v) is 3.28. The minimum absolute atomic E-state index is 0.613. The van der Waals surface area contributed by atoms with Crippen molar-refractivity contribution in [1.82, 2.24) is 10.2 Å². The highest BCUT2D eigenvalue weighted by Gasteiger charge is 2.19. The number of nitrogens with one attached hydrogen (secondary N) is 1. The Morgan fingerprint density at radius 2 is 2.04 bits per heavy atom. The van der Waals surface area contributed by atoms with Gasteiger partial charge in [-0.3, -0.25) is 4.99 Å². The van der Waals surface area contributed by atoms with E-state index in [0.29, 0.717) is 5.92 Å². The zero-order valence-electron chi connectivity index (χ0n) is 14.7. The van der Waals surface area contributed by atoms with Gasteiger partial charge in [-0.25, -0.2) is 0 Å². The van der Waals surface area contributed by atoms with Crippen molar-refractivity contribution in [1.29, 1.82) is 0 Å². The Morgan fingerprint density at radius 3 is 2.67 bits per heavy atom. The van der Waals surface area contributed by atoms with Crippen LogP contribution in [0, 0.1) is 5.92 Å². The molecule has 5 heteroatoms. The predicted molar refractivity (Wildman–Crippen MR) is 99.5 cm³/mol. The average Bonchev–Trinajstić information content (AvgIpc) is 3.29. The molecular weight excluding hydrogens is 300 g/mol. The summed E-state index contributed by atoms with van der Waals surface area (Å²) in [6, 6.07) is 8.79. The monoisotopic (exact) mass is 328 g/mol. The highest BCUT2D eigenvalue weighted by Crippen LogP contribution is 2.17. The van der Waals surface area contributed by atoms with Crippen LogP contribution >= 0.6 is 0 Å². The normalized spacial score (nSPS) is 20.7. The first kappa shape index (κ1) is 16.8. The molecule has 1 N–H and O–H groups in total. The first-order valence-electron chi connectivity index (χ1n) is 8.74. The Hall–Kier alpha value is -2.01. The van der Waals surface area contributed by atoms with Crippen LogP contribution in [0.1, 0.15) is 12.0 Å². The van der Waals surface area contributed by atoms with E-state index in [9.17, 15) is 0 Å². The van der Waals surface area contributed by atoms with E-state index in [4.69, 9.17) is 4.74 Å². The fourth-order valence-electron chi connectivity index (χ4n) is 3.28. The molecule has 0 bridgehead atoms. The molecule has 130 valence electrons. The molecule has 0 aliphatic carbocycles. The molecule has 1 atom stereocenters. The maximum absolute atomic E-state index is 5.46. The van der Waals surface area contributed by atoms with Crippen LogP contribution < -0.4 is 10.2 Å². The van der Waals surface area contributed by atoms with Crippen molar-refractivity contribution in [3.05, 3.63) is 42.0 Å². The van der Waals surface area contributed by atoms with E-state index < -0.39 is 0 Å². The number of hydrogen-bond acceptors (Lipinski definition) is 3. The highest BCUT2D eigenvalue weighted by molar-refractivity contribution is 5.79. The SMILES string of the molecule is CN=C(NCc1ccc(N2CC=CC2)cc1)N(C)CC1CCOC1. The van der Waals surface area contributed by atoms with Crippen molar-refractivity contribution in [2.75, 3.05) is 51.8 Å². The van der Waals surface area contributed by atoms with Gasteiger partial charge in [-0.1, -0.05) is 24.3 Å². The summed E-state index contributed by atoms with van der Waals surface area (Å²) in [4.78, 5) is 8.95. The smallest absolute Gasteiger partial charge is 0.193 e. The topological polar surface area (TPSA) is 40.1 Å². The zero-order chi connectivity index (χ0) is 16.8. The standard InChI is InChI=1S/C19H28N4O/c1-20-19(22(2)14-17-9-12-24-15-17)21-13-16-5-7-18(8-6-16)23-10-3-4-11-23/h3-8,17H,9-15H2,1-2H3,(H,20,21). The van der Waals surface area contributed by atoms with Crippen LogP contribution in [-0.4, -0.2) is 57.8 Å². The van der Waals surface area contributed by atoms with Crippen molar-refractivity contribution in [3.8, 4) is 0 Å². The number of ether oxygens (including phenoxy) is 1. The number of rotatable bonds is 5. The van der Waals surface area contributed by atoms with Crippen molar-refractivity contribution in [2.24, 2.45) is 10.9 Å². The third-order valence-electron chi connectivity index (χ3n) is 4.70. The number of anilines is 1. The summed E-state index contributed by atoms with van der Waals surface area (Å²) < 4.78 is 5.46. The van der Waals surface area contributed by atoms with Gasteiger partial charge in [-0.05, 0) is 24.1 Å². The number of nitrogens with zero attached hydrogens (tertiary/aromatic N) is 3. The van der Waals surface area contributed by atoms with Crippen LogP contribution in [0.5, 0.6) is 0 Å². The fraction of sp³-hybridized carbons (Fsp3) is 0.526. The van der Waals surface area contributed by atoms with Crippen molar-refractivity contribution in [2.45, 2.75) is 13.0 Å². The third kappa shape index (κ3) is 4.29. The van der Waals surface area contributed by atoms with Crippen LogP contribution in [0.15, 0.2) is 41.4 Å². The van der Waals surface area contributed by atoms with Crippen LogP contribution in [0.3, 0.4) is 0 Å². The van der Waals surface area contributed by atoms with E-state index in [1.165, 1.54) is 11.3 Å². The zero-order valence-corrected chi connectivity index (χ0v) is 14.7. The molecular formula is C19H28N4O. The second-order valence-electron chi connectivity index (χ2n) is 6.55. The number of aliphatic imine (C=N–C) groups is 1. The molecule has 3 rings (SSSR count). The molecule has 5 nitrogen and oxygen atoms in total. The van der Waals surface area contributed by atoms with Crippen LogP contribution in [-0.2, 0) is 11.3 Å². The molecule has 2 aliphatic rings. The van der Waals surface area contributed by atoms with Gasteiger partial charge in [0.15, 0.2) is 5.96 Å². The lowest BCUT2D eigenvalue weighted by atomic mass is 10.1. The lowest BCUT2D eigenvalue weighted by Crippen LogP contribution is -2.41. The second-order valence-corrected chi connectivity index (χ2v) is 6.55. The van der Waals surface area contributed by atoms with Crippen molar-refractivity contribution < 1.29 is 4.74 Å². The highest BCUT2D eigenvalue weighted by atomic mass is 16.5. The van der Waals surface area contributed by atoms with Gasteiger partial charge in [0.2, 0.25) is 0 Å². The second kappa shape index (κ2) is 8.20. The molecule has 0 amide bonds. The predicted octanol–water partition coefficient (Wildman–Crippen LogP) is 2.11. The van der Waals surface area contributed by atoms with Crippen LogP contribution in [0.2, 0.25) is 0 Å². The van der Waals surface area contributed by atoms with Gasteiger partial charge in [0.05, 0.1) is 6.61 Å². The minimum atomic E-state index is 0.613. The summed E-state index contributed by atoms with van der Waals surface area (Å²) in [5.74, 6) is 1.55. The Bertz CT molecular complexity index is 568. The Labute approximate surface area is 145 Å². The van der Waals surface area contributed by atoms with Crippen molar-refractivity contribution >= 4 is 11.6 Å². The maximum atomic E-state index is 5.46. The summed E-state index contributed by atoms with van der Waals surface area (Å²) in [7, 11) is 3.94. The molecule has 1 fully saturated rings. The first-order chi connectivity index (χ1) is 11.8. The molecule has 2 aliphatic heterocycles. The molecule has 0 saturated carbocycles. The largest absolute Gasteiger partial charge is 0.381 e. The van der Waals surface area contributed by atoms with Gasteiger partial charge in [0.25, 0.3) is 0 Å². The average molecular weight is 328 g/mol. The molecule has 1 unspecified atom stereocenters. The van der Waals surface area contributed by atoms with E-state index in [2.05, 4.69) is 63.6 Å². The molecule has 0 radical (unpaired) electrons. The van der Waals surface area contributed by atoms with Crippen LogP contribution in [0.4, 0.5) is 5.69 Å². The quantitative estimate of drug-likeness (QED) is 0.510. The van der Waals surface area contributed by atoms with Gasteiger partial charge in [-0.15, -0.1) is 0 Å².